The van der Waals surface area contributed by atoms with Gasteiger partial charge in [-0.05, 0) is 12.8 Å². The molecule has 0 fully saturated rings. The molecule has 1 N–H and O–H groups in total. The highest BCUT2D eigenvalue weighted by Crippen LogP contribution is 2.36. The fourth-order valence-electron chi connectivity index (χ4n) is 2.97. The maximum atomic E-state index is 5.02. The molecule has 0 saturated carbocycles. The van der Waals surface area contributed by atoms with Gasteiger partial charge in [-0.15, -0.1) is 0 Å². The van der Waals surface area contributed by atoms with Crippen molar-refractivity contribution in [1.82, 2.24) is 9.97 Å². The summed E-state index contributed by atoms with van der Waals surface area (Å²) in [7, 11) is 0. The minimum atomic E-state index is 0.0967. The third kappa shape index (κ3) is 4.59. The Hall–Kier alpha value is -0.790. The molecular weight excluding hydrogens is 256 g/mol. The highest BCUT2D eigenvalue weighted by molar-refractivity contribution is 5.29. The Balaban J connectivity index is 3.22. The molecule has 0 aliphatic carbocycles. The van der Waals surface area contributed by atoms with Crippen molar-refractivity contribution in [3.63, 3.8) is 0 Å². The van der Waals surface area contributed by atoms with Gasteiger partial charge in [-0.3, -0.25) is 0 Å². The predicted molar refractivity (Wildman–Crippen MR) is 93.2 cm³/mol. The molecule has 0 aromatic carbocycles. The summed E-state index contributed by atoms with van der Waals surface area (Å²) in [6.45, 7) is 18.3. The van der Waals surface area contributed by atoms with Crippen LogP contribution in [0, 0.1) is 0 Å². The Labute approximate surface area is 132 Å². The summed E-state index contributed by atoms with van der Waals surface area (Å²) in [6.07, 6.45) is 6.15. The number of nitrogens with one attached hydrogen (secondary N) is 1. The lowest BCUT2D eigenvalue weighted by Gasteiger charge is -2.28. The van der Waals surface area contributed by atoms with Crippen LogP contribution in [0.15, 0.2) is 0 Å². The number of unbranched alkanes of at least 4 members (excludes halogenated alkanes) is 1. The Morgan fingerprint density at radius 2 is 1.67 bits per heavy atom. The molecule has 0 aliphatic rings. The maximum absolute atomic E-state index is 5.02. The number of aromatic amines is 1. The lowest BCUT2D eigenvalue weighted by Crippen LogP contribution is -2.24. The number of rotatable bonds is 7. The summed E-state index contributed by atoms with van der Waals surface area (Å²) < 4.78 is 0. The molecule has 21 heavy (non-hydrogen) atoms. The van der Waals surface area contributed by atoms with Gasteiger partial charge in [0, 0.05) is 22.4 Å². The summed E-state index contributed by atoms with van der Waals surface area (Å²) >= 11 is 0. The van der Waals surface area contributed by atoms with Gasteiger partial charge in [0.25, 0.3) is 0 Å². The van der Waals surface area contributed by atoms with Crippen molar-refractivity contribution in [2.75, 3.05) is 0 Å². The molecule has 1 heterocycles. The van der Waals surface area contributed by atoms with Crippen LogP contribution in [0.1, 0.15) is 111 Å². The van der Waals surface area contributed by atoms with Gasteiger partial charge in [0.15, 0.2) is 0 Å². The monoisotopic (exact) mass is 292 g/mol. The second kappa shape index (κ2) is 6.98. The minimum Gasteiger partial charge on any atom is -0.345 e. The molecule has 0 bridgehead atoms. The zero-order chi connectivity index (χ0) is 16.3. The number of H-pyrrole nitrogens is 1. The van der Waals surface area contributed by atoms with E-state index in [0.29, 0.717) is 5.92 Å². The first-order valence-electron chi connectivity index (χ1n) is 8.74. The van der Waals surface area contributed by atoms with Crippen LogP contribution < -0.4 is 0 Å². The SMILES string of the molecule is CCCCC(C)(C)c1[nH]c(C(C)CCC)nc1C(C)(C)C. The summed E-state index contributed by atoms with van der Waals surface area (Å²) in [6, 6.07) is 0. The standard InChI is InChI=1S/C19H36N2/c1-9-11-13-19(7,8)16-15(18(4,5)6)20-17(21-16)14(3)12-10-2/h14H,9-13H2,1-8H3,(H,20,21). The Morgan fingerprint density at radius 3 is 2.14 bits per heavy atom. The Bertz CT molecular complexity index is 435. The van der Waals surface area contributed by atoms with E-state index in [4.69, 9.17) is 4.98 Å². The van der Waals surface area contributed by atoms with Crippen molar-refractivity contribution in [3.05, 3.63) is 17.2 Å². The average molecular weight is 293 g/mol. The number of hydrogen-bond donors (Lipinski definition) is 1. The van der Waals surface area contributed by atoms with Gasteiger partial charge in [-0.2, -0.15) is 0 Å². The zero-order valence-corrected chi connectivity index (χ0v) is 15.6. The first-order valence-corrected chi connectivity index (χ1v) is 8.74. The van der Waals surface area contributed by atoms with E-state index in [1.807, 2.05) is 0 Å². The van der Waals surface area contributed by atoms with E-state index in [1.165, 1.54) is 49.3 Å². The van der Waals surface area contributed by atoms with Crippen molar-refractivity contribution in [2.45, 2.75) is 104 Å². The third-order valence-corrected chi connectivity index (χ3v) is 4.45. The maximum Gasteiger partial charge on any atom is 0.109 e. The normalized spacial score (nSPS) is 14.5. The summed E-state index contributed by atoms with van der Waals surface area (Å²) in [5, 5.41) is 0. The van der Waals surface area contributed by atoms with Gasteiger partial charge in [0.2, 0.25) is 0 Å². The molecule has 0 spiro atoms. The van der Waals surface area contributed by atoms with E-state index in [1.54, 1.807) is 0 Å². The Morgan fingerprint density at radius 1 is 1.05 bits per heavy atom. The molecule has 0 saturated heterocycles. The van der Waals surface area contributed by atoms with Crippen molar-refractivity contribution >= 4 is 0 Å². The van der Waals surface area contributed by atoms with Gasteiger partial charge in [-0.25, -0.2) is 4.98 Å². The van der Waals surface area contributed by atoms with Crippen LogP contribution in [0.25, 0.3) is 0 Å². The molecule has 2 nitrogen and oxygen atoms in total. The number of hydrogen-bond acceptors (Lipinski definition) is 1. The molecule has 1 atom stereocenters. The van der Waals surface area contributed by atoms with Gasteiger partial charge in [0.05, 0.1) is 5.69 Å². The van der Waals surface area contributed by atoms with Crippen molar-refractivity contribution in [3.8, 4) is 0 Å². The fraction of sp³-hybridized carbons (Fsp3) is 0.842. The molecule has 1 aromatic rings. The first kappa shape index (κ1) is 18.3. The largest absolute Gasteiger partial charge is 0.345 e. The summed E-state index contributed by atoms with van der Waals surface area (Å²) in [4.78, 5) is 8.73. The lowest BCUT2D eigenvalue weighted by molar-refractivity contribution is 0.429. The molecule has 1 rings (SSSR count). The third-order valence-electron chi connectivity index (χ3n) is 4.45. The van der Waals surface area contributed by atoms with Crippen LogP contribution in [-0.2, 0) is 10.8 Å². The van der Waals surface area contributed by atoms with E-state index in [9.17, 15) is 0 Å². The smallest absolute Gasteiger partial charge is 0.109 e. The molecule has 0 radical (unpaired) electrons. The molecule has 122 valence electrons. The van der Waals surface area contributed by atoms with E-state index >= 15 is 0 Å². The van der Waals surface area contributed by atoms with Gasteiger partial charge < -0.3 is 4.98 Å². The molecule has 2 heteroatoms. The van der Waals surface area contributed by atoms with E-state index < -0.39 is 0 Å². The van der Waals surface area contributed by atoms with E-state index in [2.05, 4.69) is 60.4 Å². The van der Waals surface area contributed by atoms with Crippen LogP contribution in [0.3, 0.4) is 0 Å². The molecule has 1 aromatic heterocycles. The van der Waals surface area contributed by atoms with Gasteiger partial charge >= 0.3 is 0 Å². The van der Waals surface area contributed by atoms with Gasteiger partial charge in [-0.1, -0.05) is 74.7 Å². The highest BCUT2D eigenvalue weighted by atomic mass is 15.0. The van der Waals surface area contributed by atoms with Crippen LogP contribution >= 0.6 is 0 Å². The Kier molecular flexibility index (Phi) is 6.07. The quantitative estimate of drug-likeness (QED) is 0.648. The van der Waals surface area contributed by atoms with E-state index in [0.717, 1.165) is 0 Å². The van der Waals surface area contributed by atoms with E-state index in [-0.39, 0.29) is 10.8 Å². The van der Waals surface area contributed by atoms with Gasteiger partial charge in [0.1, 0.15) is 5.82 Å². The van der Waals surface area contributed by atoms with Crippen LogP contribution in [0.2, 0.25) is 0 Å². The number of nitrogens with zero attached hydrogens (tertiary/aromatic N) is 1. The first-order chi connectivity index (χ1) is 9.63. The fourth-order valence-corrected chi connectivity index (χ4v) is 2.97. The highest BCUT2D eigenvalue weighted by Gasteiger charge is 2.32. The van der Waals surface area contributed by atoms with Crippen molar-refractivity contribution in [2.24, 2.45) is 0 Å². The second-order valence-electron chi connectivity index (χ2n) is 8.27. The molecular formula is C19H36N2. The molecule has 1 unspecified atom stereocenters. The molecule has 0 aliphatic heterocycles. The van der Waals surface area contributed by atoms with Crippen LogP contribution in [-0.4, -0.2) is 9.97 Å². The van der Waals surface area contributed by atoms with Crippen LogP contribution in [0.5, 0.6) is 0 Å². The zero-order valence-electron chi connectivity index (χ0n) is 15.6. The predicted octanol–water partition coefficient (Wildman–Crippen LogP) is 6.08. The average Bonchev–Trinajstić information content (AvgIpc) is 2.82. The second-order valence-corrected chi connectivity index (χ2v) is 8.27. The summed E-state index contributed by atoms with van der Waals surface area (Å²) in [5.41, 5.74) is 2.90. The number of imidazole rings is 1. The minimum absolute atomic E-state index is 0.0967. The van der Waals surface area contributed by atoms with Crippen molar-refractivity contribution in [1.29, 1.82) is 0 Å². The molecule has 0 amide bonds. The van der Waals surface area contributed by atoms with Crippen LogP contribution in [0.4, 0.5) is 0 Å². The topological polar surface area (TPSA) is 28.7 Å². The number of aromatic nitrogens is 2. The lowest BCUT2D eigenvalue weighted by atomic mass is 9.78. The van der Waals surface area contributed by atoms with Crippen molar-refractivity contribution < 1.29 is 0 Å². The summed E-state index contributed by atoms with van der Waals surface area (Å²) in [5.74, 6) is 1.70.